The molecule has 2 heterocycles. The van der Waals surface area contributed by atoms with Crippen LogP contribution in [0.4, 0.5) is 5.95 Å². The van der Waals surface area contributed by atoms with E-state index in [4.69, 9.17) is 0 Å². The number of aromatic nitrogens is 3. The molecule has 0 aliphatic heterocycles. The van der Waals surface area contributed by atoms with E-state index in [1.54, 1.807) is 4.52 Å². The minimum Gasteiger partial charge on any atom is -0.347 e. The maximum absolute atomic E-state index is 4.29. The van der Waals surface area contributed by atoms with Crippen molar-refractivity contribution in [2.75, 3.05) is 5.32 Å². The first-order chi connectivity index (χ1) is 6.79. The van der Waals surface area contributed by atoms with Gasteiger partial charge in [0.15, 0.2) is 5.65 Å². The smallest absolute Gasteiger partial charge is 0.243 e. The lowest BCUT2D eigenvalue weighted by atomic mass is 10.3. The molecule has 0 saturated carbocycles. The average Bonchev–Trinajstić information content (AvgIpc) is 2.59. The van der Waals surface area contributed by atoms with Crippen molar-refractivity contribution in [1.29, 1.82) is 0 Å². The van der Waals surface area contributed by atoms with Crippen LogP contribution in [0.5, 0.6) is 0 Å². The van der Waals surface area contributed by atoms with E-state index >= 15 is 0 Å². The molecule has 4 heteroatoms. The number of nitrogens with zero attached hydrogens (tertiary/aromatic N) is 3. The van der Waals surface area contributed by atoms with Crippen LogP contribution in [0.25, 0.3) is 5.65 Å². The van der Waals surface area contributed by atoms with Gasteiger partial charge in [0, 0.05) is 12.2 Å². The number of pyridine rings is 1. The third-order valence-corrected chi connectivity index (χ3v) is 1.95. The Bertz CT molecular complexity index is 413. The zero-order valence-corrected chi connectivity index (χ0v) is 8.01. The zero-order valence-electron chi connectivity index (χ0n) is 8.01. The Morgan fingerprint density at radius 2 is 2.43 bits per heavy atom. The maximum atomic E-state index is 4.29. The molecule has 4 nitrogen and oxygen atoms in total. The van der Waals surface area contributed by atoms with E-state index in [1.807, 2.05) is 37.4 Å². The highest BCUT2D eigenvalue weighted by atomic mass is 15.3. The molecular weight excluding hydrogens is 176 g/mol. The van der Waals surface area contributed by atoms with Crippen LogP contribution in [-0.4, -0.2) is 20.6 Å². The lowest BCUT2D eigenvalue weighted by Gasteiger charge is -2.04. The molecule has 0 spiro atoms. The summed E-state index contributed by atoms with van der Waals surface area (Å²) in [6.07, 6.45) is 3.68. The minimum absolute atomic E-state index is 0.174. The number of anilines is 1. The molecule has 1 unspecified atom stereocenters. The van der Waals surface area contributed by atoms with Crippen molar-refractivity contribution in [2.45, 2.75) is 13.0 Å². The zero-order chi connectivity index (χ0) is 9.97. The summed E-state index contributed by atoms with van der Waals surface area (Å²) in [6, 6.07) is 5.94. The van der Waals surface area contributed by atoms with Gasteiger partial charge in [-0.25, -0.2) is 4.52 Å². The van der Waals surface area contributed by atoms with E-state index in [0.29, 0.717) is 5.95 Å². The maximum Gasteiger partial charge on any atom is 0.243 e. The van der Waals surface area contributed by atoms with Gasteiger partial charge in [-0.1, -0.05) is 12.1 Å². The summed E-state index contributed by atoms with van der Waals surface area (Å²) < 4.78 is 1.73. The van der Waals surface area contributed by atoms with Crippen molar-refractivity contribution < 1.29 is 0 Å². The minimum atomic E-state index is 0.174. The second-order valence-corrected chi connectivity index (χ2v) is 3.11. The first-order valence-corrected chi connectivity index (χ1v) is 4.50. The van der Waals surface area contributed by atoms with Crippen LogP contribution < -0.4 is 5.32 Å². The highest BCUT2D eigenvalue weighted by Gasteiger charge is 2.03. The largest absolute Gasteiger partial charge is 0.347 e. The van der Waals surface area contributed by atoms with Gasteiger partial charge in [0.2, 0.25) is 5.95 Å². The van der Waals surface area contributed by atoms with Gasteiger partial charge in [0.25, 0.3) is 0 Å². The van der Waals surface area contributed by atoms with E-state index in [0.717, 1.165) is 5.65 Å². The third kappa shape index (κ3) is 1.59. The van der Waals surface area contributed by atoms with Crippen molar-refractivity contribution in [3.8, 4) is 0 Å². The quantitative estimate of drug-likeness (QED) is 0.746. The molecule has 0 saturated heterocycles. The van der Waals surface area contributed by atoms with Crippen LogP contribution in [0.15, 0.2) is 37.1 Å². The fraction of sp³-hybridized carbons (Fsp3) is 0.200. The molecule has 0 aliphatic rings. The summed E-state index contributed by atoms with van der Waals surface area (Å²) in [6.45, 7) is 5.68. The lowest BCUT2D eigenvalue weighted by molar-refractivity contribution is 0.922. The molecule has 1 atom stereocenters. The van der Waals surface area contributed by atoms with Crippen molar-refractivity contribution in [3.63, 3.8) is 0 Å². The van der Waals surface area contributed by atoms with E-state index < -0.39 is 0 Å². The van der Waals surface area contributed by atoms with Gasteiger partial charge >= 0.3 is 0 Å². The van der Waals surface area contributed by atoms with E-state index in [2.05, 4.69) is 22.0 Å². The number of hydrogen-bond donors (Lipinski definition) is 1. The molecule has 0 fully saturated rings. The van der Waals surface area contributed by atoms with E-state index in [9.17, 15) is 0 Å². The highest BCUT2D eigenvalue weighted by molar-refractivity contribution is 5.43. The van der Waals surface area contributed by atoms with Gasteiger partial charge in [-0.05, 0) is 19.1 Å². The molecule has 0 bridgehead atoms. The van der Waals surface area contributed by atoms with Crippen LogP contribution in [0.1, 0.15) is 6.92 Å². The SMILES string of the molecule is C=CC(C)Nc1nc2ccccn2n1. The summed E-state index contributed by atoms with van der Waals surface area (Å²) in [4.78, 5) is 4.29. The fourth-order valence-electron chi connectivity index (χ4n) is 1.16. The van der Waals surface area contributed by atoms with Gasteiger partial charge in [-0.2, -0.15) is 4.98 Å². The molecular formula is C10H12N4. The van der Waals surface area contributed by atoms with E-state index in [1.165, 1.54) is 0 Å². The molecule has 0 radical (unpaired) electrons. The molecule has 14 heavy (non-hydrogen) atoms. The molecule has 0 aromatic carbocycles. The molecule has 1 N–H and O–H groups in total. The molecule has 2 rings (SSSR count). The predicted molar refractivity (Wildman–Crippen MR) is 56.3 cm³/mol. The van der Waals surface area contributed by atoms with Crippen LogP contribution in [0.2, 0.25) is 0 Å². The molecule has 72 valence electrons. The summed E-state index contributed by atoms with van der Waals surface area (Å²) in [5.41, 5.74) is 0.839. The van der Waals surface area contributed by atoms with Crippen molar-refractivity contribution in [1.82, 2.24) is 14.6 Å². The van der Waals surface area contributed by atoms with Gasteiger partial charge < -0.3 is 5.32 Å². The average molecular weight is 188 g/mol. The molecule has 0 aliphatic carbocycles. The number of nitrogens with one attached hydrogen (secondary N) is 1. The molecule has 2 aromatic heterocycles. The first kappa shape index (κ1) is 8.74. The Balaban J connectivity index is 2.31. The number of hydrogen-bond acceptors (Lipinski definition) is 3. The number of rotatable bonds is 3. The van der Waals surface area contributed by atoms with Gasteiger partial charge in [-0.3, -0.25) is 0 Å². The van der Waals surface area contributed by atoms with Gasteiger partial charge in [0.1, 0.15) is 0 Å². The second-order valence-electron chi connectivity index (χ2n) is 3.11. The predicted octanol–water partition coefficient (Wildman–Crippen LogP) is 1.72. The number of fused-ring (bicyclic) bond motifs is 1. The van der Waals surface area contributed by atoms with Crippen molar-refractivity contribution in [3.05, 3.63) is 37.1 Å². The summed E-state index contributed by atoms with van der Waals surface area (Å²) in [7, 11) is 0. The fourth-order valence-corrected chi connectivity index (χ4v) is 1.16. The molecule has 0 amide bonds. The molecule has 2 aromatic rings. The van der Waals surface area contributed by atoms with Crippen LogP contribution in [0.3, 0.4) is 0 Å². The Morgan fingerprint density at radius 1 is 1.57 bits per heavy atom. The third-order valence-electron chi connectivity index (χ3n) is 1.95. The van der Waals surface area contributed by atoms with E-state index in [-0.39, 0.29) is 6.04 Å². The van der Waals surface area contributed by atoms with Crippen molar-refractivity contribution >= 4 is 11.6 Å². The Labute approximate surface area is 82.3 Å². The Hall–Kier alpha value is -1.84. The van der Waals surface area contributed by atoms with Gasteiger partial charge in [-0.15, -0.1) is 11.7 Å². The lowest BCUT2D eigenvalue weighted by Crippen LogP contribution is -2.12. The normalized spacial score (nSPS) is 12.6. The topological polar surface area (TPSA) is 42.2 Å². The monoisotopic (exact) mass is 188 g/mol. The summed E-state index contributed by atoms with van der Waals surface area (Å²) in [5, 5.41) is 7.37. The standard InChI is InChI=1S/C10H12N4/c1-3-8(2)11-10-12-9-6-4-5-7-14(9)13-10/h3-8H,1H2,2H3,(H,11,13). The summed E-state index contributed by atoms with van der Waals surface area (Å²) in [5.74, 6) is 0.628. The van der Waals surface area contributed by atoms with Crippen LogP contribution >= 0.6 is 0 Å². The second kappa shape index (κ2) is 3.49. The summed E-state index contributed by atoms with van der Waals surface area (Å²) >= 11 is 0. The van der Waals surface area contributed by atoms with Crippen LogP contribution in [0, 0.1) is 0 Å². The van der Waals surface area contributed by atoms with Crippen LogP contribution in [-0.2, 0) is 0 Å². The van der Waals surface area contributed by atoms with Gasteiger partial charge in [0.05, 0.1) is 0 Å². The van der Waals surface area contributed by atoms with Crippen molar-refractivity contribution in [2.24, 2.45) is 0 Å². The highest BCUT2D eigenvalue weighted by Crippen LogP contribution is 2.05. The Kier molecular flexibility index (Phi) is 2.18. The first-order valence-electron chi connectivity index (χ1n) is 4.50. The Morgan fingerprint density at radius 3 is 3.14 bits per heavy atom.